The van der Waals surface area contributed by atoms with Crippen molar-refractivity contribution >= 4 is 23.3 Å². The first kappa shape index (κ1) is 29.5. The van der Waals surface area contributed by atoms with Gasteiger partial charge in [-0.1, -0.05) is 6.07 Å². The lowest BCUT2D eigenvalue weighted by molar-refractivity contribution is 0.0591. The second kappa shape index (κ2) is 13.8. The highest BCUT2D eigenvalue weighted by molar-refractivity contribution is 7.18. The first-order chi connectivity index (χ1) is 20.9. The number of thiazole rings is 1. The number of pyridine rings is 3. The maximum Gasteiger partial charge on any atom is 0.337 e. The highest BCUT2D eigenvalue weighted by atomic mass is 32.1. The van der Waals surface area contributed by atoms with Gasteiger partial charge in [0.05, 0.1) is 60.1 Å². The molecular formula is C32H29N5O5S. The minimum atomic E-state index is -0.436. The maximum absolute atomic E-state index is 12.1. The van der Waals surface area contributed by atoms with Crippen LogP contribution < -0.4 is 4.74 Å². The number of esters is 2. The predicted molar refractivity (Wildman–Crippen MR) is 161 cm³/mol. The van der Waals surface area contributed by atoms with Crippen LogP contribution in [0.5, 0.6) is 5.75 Å². The lowest BCUT2D eigenvalue weighted by atomic mass is 10.2. The van der Waals surface area contributed by atoms with E-state index in [-0.39, 0.29) is 0 Å². The molecule has 0 aliphatic carbocycles. The van der Waals surface area contributed by atoms with Crippen molar-refractivity contribution < 1.29 is 23.8 Å². The number of benzene rings is 1. The van der Waals surface area contributed by atoms with E-state index in [2.05, 4.69) is 19.9 Å². The summed E-state index contributed by atoms with van der Waals surface area (Å²) in [5.41, 5.74) is 4.80. The topological polar surface area (TPSA) is 117 Å². The van der Waals surface area contributed by atoms with E-state index in [4.69, 9.17) is 19.2 Å². The van der Waals surface area contributed by atoms with Gasteiger partial charge in [0.2, 0.25) is 0 Å². The highest BCUT2D eigenvalue weighted by Gasteiger charge is 2.16. The number of hydrogen-bond donors (Lipinski definition) is 0. The van der Waals surface area contributed by atoms with Gasteiger partial charge >= 0.3 is 11.9 Å². The summed E-state index contributed by atoms with van der Waals surface area (Å²) in [5.74, 6) is -0.0733. The van der Waals surface area contributed by atoms with Crippen molar-refractivity contribution in [3.63, 3.8) is 0 Å². The minimum absolute atomic E-state index is 0.389. The molecule has 0 saturated heterocycles. The van der Waals surface area contributed by atoms with E-state index in [0.29, 0.717) is 42.1 Å². The average Bonchev–Trinajstić information content (AvgIpc) is 3.55. The molecule has 0 spiro atoms. The quantitative estimate of drug-likeness (QED) is 0.183. The molecule has 0 radical (unpaired) electrons. The molecule has 0 amide bonds. The zero-order valence-corrected chi connectivity index (χ0v) is 24.7. The van der Waals surface area contributed by atoms with Crippen LogP contribution in [-0.2, 0) is 29.1 Å². The van der Waals surface area contributed by atoms with Gasteiger partial charge in [0, 0.05) is 38.2 Å². The third kappa shape index (κ3) is 7.45. The standard InChI is InChI=1S/C32H29N5O5S/c1-40-27-9-7-21(8-10-27)29-17-35-30(43-29)28-6-4-5-24(36-28)18-37(19-25-15-22(11-13-33-25)31(38)41-2)20-26-16-23(12-14-34-26)32(39)42-3/h4-17H,18-20H2,1-3H3. The van der Waals surface area contributed by atoms with E-state index in [9.17, 15) is 9.59 Å². The normalized spacial score (nSPS) is 10.9. The van der Waals surface area contributed by atoms with Crippen LogP contribution in [0, 0.1) is 0 Å². The molecule has 5 aromatic rings. The molecule has 4 heterocycles. The van der Waals surface area contributed by atoms with Crippen molar-refractivity contribution in [2.24, 2.45) is 0 Å². The molecule has 0 atom stereocenters. The summed E-state index contributed by atoms with van der Waals surface area (Å²) in [7, 11) is 4.33. The Hall–Kier alpha value is -5.00. The number of nitrogens with zero attached hydrogens (tertiary/aromatic N) is 5. The Kier molecular flexibility index (Phi) is 9.45. The summed E-state index contributed by atoms with van der Waals surface area (Å²) >= 11 is 1.56. The van der Waals surface area contributed by atoms with Crippen molar-refractivity contribution in [2.75, 3.05) is 21.3 Å². The van der Waals surface area contributed by atoms with E-state index in [0.717, 1.165) is 32.6 Å². The minimum Gasteiger partial charge on any atom is -0.497 e. The maximum atomic E-state index is 12.1. The zero-order chi connectivity index (χ0) is 30.2. The molecule has 0 aliphatic heterocycles. The lowest BCUT2D eigenvalue weighted by Crippen LogP contribution is -2.24. The smallest absolute Gasteiger partial charge is 0.337 e. The van der Waals surface area contributed by atoms with Gasteiger partial charge in [-0.2, -0.15) is 0 Å². The molecule has 0 bridgehead atoms. The number of aromatic nitrogens is 4. The van der Waals surface area contributed by atoms with E-state index in [1.54, 1.807) is 55.1 Å². The Bertz CT molecular complexity index is 1660. The molecule has 0 N–H and O–H groups in total. The Morgan fingerprint density at radius 2 is 1.35 bits per heavy atom. The number of carbonyl (C=O) groups is 2. The van der Waals surface area contributed by atoms with E-state index in [1.807, 2.05) is 48.7 Å². The molecule has 11 heteroatoms. The molecular weight excluding hydrogens is 566 g/mol. The van der Waals surface area contributed by atoms with Crippen molar-refractivity contribution in [1.29, 1.82) is 0 Å². The first-order valence-electron chi connectivity index (χ1n) is 13.3. The molecule has 0 aliphatic rings. The Morgan fingerprint density at radius 1 is 0.744 bits per heavy atom. The Balaban J connectivity index is 1.40. The summed E-state index contributed by atoms with van der Waals surface area (Å²) in [6.45, 7) is 1.22. The fourth-order valence-electron chi connectivity index (χ4n) is 4.44. The van der Waals surface area contributed by atoms with Crippen molar-refractivity contribution in [3.8, 4) is 26.9 Å². The average molecular weight is 596 g/mol. The molecule has 10 nitrogen and oxygen atoms in total. The fourth-order valence-corrected chi connectivity index (χ4v) is 5.33. The Morgan fingerprint density at radius 3 is 1.93 bits per heavy atom. The van der Waals surface area contributed by atoms with Gasteiger partial charge in [0.25, 0.3) is 0 Å². The van der Waals surface area contributed by atoms with Crippen LogP contribution in [0.25, 0.3) is 21.1 Å². The third-order valence-electron chi connectivity index (χ3n) is 6.54. The van der Waals surface area contributed by atoms with Gasteiger partial charge < -0.3 is 14.2 Å². The molecule has 0 saturated carbocycles. The van der Waals surface area contributed by atoms with Crippen LogP contribution in [0.1, 0.15) is 37.8 Å². The highest BCUT2D eigenvalue weighted by Crippen LogP contribution is 2.32. The predicted octanol–water partition coefficient (Wildman–Crippen LogP) is 5.45. The molecule has 218 valence electrons. The van der Waals surface area contributed by atoms with Crippen molar-refractivity contribution in [2.45, 2.75) is 19.6 Å². The molecule has 43 heavy (non-hydrogen) atoms. The van der Waals surface area contributed by atoms with Crippen LogP contribution in [0.15, 0.2) is 85.3 Å². The second-order valence-corrected chi connectivity index (χ2v) is 10.5. The summed E-state index contributed by atoms with van der Waals surface area (Å²) in [6.07, 6.45) is 5.01. The van der Waals surface area contributed by atoms with Gasteiger partial charge in [0.1, 0.15) is 10.8 Å². The fraction of sp³-hybridized carbons (Fsp3) is 0.188. The lowest BCUT2D eigenvalue weighted by Gasteiger charge is -2.22. The first-order valence-corrected chi connectivity index (χ1v) is 14.1. The Labute approximate surface area is 253 Å². The van der Waals surface area contributed by atoms with Crippen LogP contribution in [0.4, 0.5) is 0 Å². The van der Waals surface area contributed by atoms with E-state index < -0.39 is 11.9 Å². The molecule has 1 aromatic carbocycles. The summed E-state index contributed by atoms with van der Waals surface area (Å²) in [4.78, 5) is 45.8. The monoisotopic (exact) mass is 595 g/mol. The van der Waals surface area contributed by atoms with Gasteiger partial charge in [-0.25, -0.2) is 19.6 Å². The number of hydrogen-bond acceptors (Lipinski definition) is 11. The van der Waals surface area contributed by atoms with E-state index in [1.165, 1.54) is 14.2 Å². The van der Waals surface area contributed by atoms with Crippen LogP contribution in [0.2, 0.25) is 0 Å². The zero-order valence-electron chi connectivity index (χ0n) is 23.9. The largest absolute Gasteiger partial charge is 0.497 e. The van der Waals surface area contributed by atoms with E-state index >= 15 is 0 Å². The van der Waals surface area contributed by atoms with Gasteiger partial charge in [-0.3, -0.25) is 14.9 Å². The third-order valence-corrected chi connectivity index (χ3v) is 7.61. The van der Waals surface area contributed by atoms with Crippen LogP contribution >= 0.6 is 11.3 Å². The summed E-state index contributed by atoms with van der Waals surface area (Å²) in [5, 5.41) is 0.805. The summed E-state index contributed by atoms with van der Waals surface area (Å²) < 4.78 is 15.0. The number of ether oxygens (including phenoxy) is 3. The van der Waals surface area contributed by atoms with Gasteiger partial charge in [-0.05, 0) is 66.2 Å². The number of methoxy groups -OCH3 is 3. The molecule has 4 aromatic heterocycles. The number of carbonyl (C=O) groups excluding carboxylic acids is 2. The van der Waals surface area contributed by atoms with Crippen LogP contribution in [-0.4, -0.2) is 58.1 Å². The molecule has 5 rings (SSSR count). The van der Waals surface area contributed by atoms with Crippen molar-refractivity contribution in [3.05, 3.63) is 114 Å². The van der Waals surface area contributed by atoms with Gasteiger partial charge in [0.15, 0.2) is 0 Å². The summed E-state index contributed by atoms with van der Waals surface area (Å²) in [6, 6.07) is 20.3. The molecule has 0 unspecified atom stereocenters. The van der Waals surface area contributed by atoms with Gasteiger partial charge in [-0.15, -0.1) is 11.3 Å². The second-order valence-electron chi connectivity index (χ2n) is 9.47. The van der Waals surface area contributed by atoms with Crippen molar-refractivity contribution in [1.82, 2.24) is 24.8 Å². The van der Waals surface area contributed by atoms with Crippen LogP contribution in [0.3, 0.4) is 0 Å². The molecule has 0 fully saturated rings. The number of rotatable bonds is 11. The SMILES string of the molecule is COC(=O)c1ccnc(CN(Cc2cc(C(=O)OC)ccn2)Cc2cccc(-c3ncc(-c4ccc(OC)cc4)s3)n2)c1.